The number of hydrogen-bond donors (Lipinski definition) is 1. The van der Waals surface area contributed by atoms with E-state index in [1.165, 1.54) is 57.9 Å². The molecule has 96 valence electrons. The van der Waals surface area contributed by atoms with Crippen molar-refractivity contribution in [2.24, 2.45) is 11.3 Å². The van der Waals surface area contributed by atoms with Gasteiger partial charge in [0.2, 0.25) is 0 Å². The second kappa shape index (κ2) is 3.71. The summed E-state index contributed by atoms with van der Waals surface area (Å²) in [5.41, 5.74) is 0.780. The number of nitrogens with zero attached hydrogens (tertiary/aromatic N) is 1. The third-order valence-corrected chi connectivity index (χ3v) is 6.18. The molecule has 2 saturated heterocycles. The van der Waals surface area contributed by atoms with Crippen LogP contribution in [0.2, 0.25) is 0 Å². The van der Waals surface area contributed by atoms with E-state index in [1.54, 1.807) is 0 Å². The van der Waals surface area contributed by atoms with Gasteiger partial charge in [0.05, 0.1) is 0 Å². The van der Waals surface area contributed by atoms with Crippen LogP contribution in [0.15, 0.2) is 0 Å². The molecule has 0 aromatic carbocycles. The molecule has 2 aliphatic carbocycles. The van der Waals surface area contributed by atoms with Gasteiger partial charge in [-0.3, -0.25) is 0 Å². The van der Waals surface area contributed by atoms with Gasteiger partial charge in [0, 0.05) is 24.7 Å². The van der Waals surface area contributed by atoms with Crippen molar-refractivity contribution >= 4 is 0 Å². The number of rotatable bonds is 4. The van der Waals surface area contributed by atoms with Crippen molar-refractivity contribution in [3.05, 3.63) is 0 Å². The fourth-order valence-corrected chi connectivity index (χ4v) is 4.51. The summed E-state index contributed by atoms with van der Waals surface area (Å²) < 4.78 is 0. The molecule has 0 amide bonds. The van der Waals surface area contributed by atoms with Crippen molar-refractivity contribution < 1.29 is 0 Å². The SMILES string of the molecule is CN1C2CCC1CC(NCC1(C3CC3)CC1)C2. The van der Waals surface area contributed by atoms with E-state index in [0.717, 1.165) is 29.5 Å². The Hall–Kier alpha value is -0.0800. The van der Waals surface area contributed by atoms with Crippen molar-refractivity contribution in [1.29, 1.82) is 0 Å². The average molecular weight is 234 g/mol. The van der Waals surface area contributed by atoms with Gasteiger partial charge in [-0.1, -0.05) is 0 Å². The van der Waals surface area contributed by atoms with E-state index in [2.05, 4.69) is 17.3 Å². The van der Waals surface area contributed by atoms with Crippen molar-refractivity contribution in [1.82, 2.24) is 10.2 Å². The summed E-state index contributed by atoms with van der Waals surface area (Å²) in [5, 5.41) is 3.94. The van der Waals surface area contributed by atoms with Gasteiger partial charge in [-0.2, -0.15) is 0 Å². The first-order chi connectivity index (χ1) is 8.27. The number of nitrogens with one attached hydrogen (secondary N) is 1. The van der Waals surface area contributed by atoms with Gasteiger partial charge in [-0.05, 0) is 69.7 Å². The highest BCUT2D eigenvalue weighted by Gasteiger charge is 2.53. The molecule has 2 saturated carbocycles. The van der Waals surface area contributed by atoms with Crippen LogP contribution in [-0.4, -0.2) is 36.6 Å². The monoisotopic (exact) mass is 234 g/mol. The van der Waals surface area contributed by atoms with Crippen LogP contribution < -0.4 is 5.32 Å². The highest BCUT2D eigenvalue weighted by molar-refractivity contribution is 5.06. The molecule has 2 aliphatic heterocycles. The van der Waals surface area contributed by atoms with E-state index in [0.29, 0.717) is 0 Å². The molecule has 1 N–H and O–H groups in total. The fraction of sp³-hybridized carbons (Fsp3) is 1.00. The van der Waals surface area contributed by atoms with Crippen molar-refractivity contribution in [2.75, 3.05) is 13.6 Å². The summed E-state index contributed by atoms with van der Waals surface area (Å²) >= 11 is 0. The average Bonchev–Trinajstić information content (AvgIpc) is 3.19. The highest BCUT2D eigenvalue weighted by atomic mass is 15.2. The summed E-state index contributed by atoms with van der Waals surface area (Å²) in [6, 6.07) is 2.62. The predicted octanol–water partition coefficient (Wildman–Crippen LogP) is 2.39. The smallest absolute Gasteiger partial charge is 0.0111 e. The van der Waals surface area contributed by atoms with Crippen molar-refractivity contribution in [3.8, 4) is 0 Å². The third kappa shape index (κ3) is 1.84. The maximum Gasteiger partial charge on any atom is 0.0111 e. The molecule has 4 rings (SSSR count). The minimum atomic E-state index is 0.780. The largest absolute Gasteiger partial charge is 0.313 e. The van der Waals surface area contributed by atoms with Crippen LogP contribution in [-0.2, 0) is 0 Å². The Balaban J connectivity index is 1.32. The minimum Gasteiger partial charge on any atom is -0.313 e. The lowest BCUT2D eigenvalue weighted by Crippen LogP contribution is -2.48. The lowest BCUT2D eigenvalue weighted by atomic mass is 9.95. The summed E-state index contributed by atoms with van der Waals surface area (Å²) in [5.74, 6) is 1.11. The van der Waals surface area contributed by atoms with Crippen molar-refractivity contribution in [3.63, 3.8) is 0 Å². The summed E-state index contributed by atoms with van der Waals surface area (Å²) in [6.45, 7) is 1.34. The lowest BCUT2D eigenvalue weighted by molar-refractivity contribution is 0.144. The second-order valence-electron chi connectivity index (χ2n) is 7.24. The first-order valence-corrected chi connectivity index (χ1v) is 7.72. The molecule has 0 aromatic rings. The van der Waals surface area contributed by atoms with Gasteiger partial charge in [0.25, 0.3) is 0 Å². The molecule has 2 atom stereocenters. The Morgan fingerprint density at radius 2 is 1.71 bits per heavy atom. The molecule has 0 spiro atoms. The number of piperidine rings is 1. The molecule has 0 radical (unpaired) electrons. The first-order valence-electron chi connectivity index (χ1n) is 7.72. The van der Waals surface area contributed by atoms with Crippen LogP contribution in [0.1, 0.15) is 51.4 Å². The van der Waals surface area contributed by atoms with E-state index in [4.69, 9.17) is 0 Å². The van der Waals surface area contributed by atoms with Crippen molar-refractivity contribution in [2.45, 2.75) is 69.5 Å². The molecule has 2 heterocycles. The van der Waals surface area contributed by atoms with E-state index in [9.17, 15) is 0 Å². The van der Waals surface area contributed by atoms with Gasteiger partial charge >= 0.3 is 0 Å². The van der Waals surface area contributed by atoms with E-state index in [1.807, 2.05) is 0 Å². The van der Waals surface area contributed by atoms with Gasteiger partial charge in [-0.15, -0.1) is 0 Å². The molecule has 0 aromatic heterocycles. The summed E-state index contributed by atoms with van der Waals surface area (Å²) in [4.78, 5) is 2.64. The van der Waals surface area contributed by atoms with Gasteiger partial charge in [0.1, 0.15) is 0 Å². The highest BCUT2D eigenvalue weighted by Crippen LogP contribution is 2.60. The molecule has 4 aliphatic rings. The van der Waals surface area contributed by atoms with Gasteiger partial charge in [-0.25, -0.2) is 0 Å². The topological polar surface area (TPSA) is 15.3 Å². The van der Waals surface area contributed by atoms with Crippen LogP contribution in [0.4, 0.5) is 0 Å². The molecular weight excluding hydrogens is 208 g/mol. The minimum absolute atomic E-state index is 0.780. The van der Waals surface area contributed by atoms with E-state index in [-0.39, 0.29) is 0 Å². The lowest BCUT2D eigenvalue weighted by Gasteiger charge is -2.37. The predicted molar refractivity (Wildman–Crippen MR) is 70.0 cm³/mol. The molecule has 4 fully saturated rings. The number of fused-ring (bicyclic) bond motifs is 2. The molecular formula is C15H26N2. The quantitative estimate of drug-likeness (QED) is 0.803. The zero-order chi connectivity index (χ0) is 11.5. The molecule has 2 bridgehead atoms. The van der Waals surface area contributed by atoms with Crippen LogP contribution in [0.25, 0.3) is 0 Å². The summed E-state index contributed by atoms with van der Waals surface area (Å²) in [7, 11) is 2.34. The Bertz CT molecular complexity index is 292. The fourth-order valence-electron chi connectivity index (χ4n) is 4.51. The van der Waals surface area contributed by atoms with Crippen LogP contribution in [0.5, 0.6) is 0 Å². The Labute approximate surface area is 105 Å². The second-order valence-corrected chi connectivity index (χ2v) is 7.24. The standard InChI is InChI=1S/C15H26N2/c1-17-13-4-5-14(17)9-12(8-13)16-10-15(6-7-15)11-2-3-11/h11-14,16H,2-10H2,1H3. The van der Waals surface area contributed by atoms with E-state index >= 15 is 0 Å². The zero-order valence-electron chi connectivity index (χ0n) is 11.1. The van der Waals surface area contributed by atoms with Gasteiger partial charge in [0.15, 0.2) is 0 Å². The Morgan fingerprint density at radius 3 is 2.24 bits per heavy atom. The Kier molecular flexibility index (Phi) is 2.36. The number of hydrogen-bond acceptors (Lipinski definition) is 2. The molecule has 2 nitrogen and oxygen atoms in total. The van der Waals surface area contributed by atoms with Crippen LogP contribution in [0, 0.1) is 11.3 Å². The maximum absolute atomic E-state index is 3.94. The van der Waals surface area contributed by atoms with Crippen LogP contribution in [0.3, 0.4) is 0 Å². The Morgan fingerprint density at radius 1 is 1.06 bits per heavy atom. The van der Waals surface area contributed by atoms with Crippen LogP contribution >= 0.6 is 0 Å². The zero-order valence-corrected chi connectivity index (χ0v) is 11.1. The normalized spacial score (nSPS) is 43.9. The first kappa shape index (κ1) is 10.8. The molecule has 17 heavy (non-hydrogen) atoms. The van der Waals surface area contributed by atoms with E-state index < -0.39 is 0 Å². The third-order valence-electron chi connectivity index (χ3n) is 6.18. The van der Waals surface area contributed by atoms with Gasteiger partial charge < -0.3 is 10.2 Å². The maximum atomic E-state index is 3.94. The molecule has 2 unspecified atom stereocenters. The molecule has 2 heteroatoms. The summed E-state index contributed by atoms with van der Waals surface area (Å²) in [6.07, 6.45) is 11.8.